The highest BCUT2D eigenvalue weighted by molar-refractivity contribution is 5.45. The lowest BCUT2D eigenvalue weighted by Gasteiger charge is -2.22. The molecule has 0 aliphatic heterocycles. The third-order valence-corrected chi connectivity index (χ3v) is 3.00. The minimum absolute atomic E-state index is 0.758. The first-order valence-electron chi connectivity index (χ1n) is 6.77. The minimum Gasteiger partial charge on any atom is -0.384 e. The summed E-state index contributed by atoms with van der Waals surface area (Å²) < 4.78 is 10.3. The number of anilines is 1. The Kier molecular flexibility index (Phi) is 8.21. The van der Waals surface area contributed by atoms with Crippen molar-refractivity contribution in [2.45, 2.75) is 6.92 Å². The highest BCUT2D eigenvalue weighted by atomic mass is 16.5. The number of nitrogens with one attached hydrogen (secondary N) is 1. The second kappa shape index (κ2) is 9.78. The molecule has 108 valence electrons. The van der Waals surface area contributed by atoms with Crippen LogP contribution in [0.4, 0.5) is 5.69 Å². The van der Waals surface area contributed by atoms with Crippen LogP contribution in [0.5, 0.6) is 0 Å². The first-order chi connectivity index (χ1) is 9.26. The van der Waals surface area contributed by atoms with Gasteiger partial charge in [-0.3, -0.25) is 4.90 Å². The molecule has 0 saturated heterocycles. The fraction of sp³-hybridized carbons (Fsp3) is 0.600. The monoisotopic (exact) mass is 266 g/mol. The number of methoxy groups -OCH3 is 2. The summed E-state index contributed by atoms with van der Waals surface area (Å²) >= 11 is 0. The zero-order valence-corrected chi connectivity index (χ0v) is 12.3. The SMILES string of the molecule is COCCN(CCNc1cccc(C)c1)CCOC. The Bertz CT molecular complexity index is 337. The fourth-order valence-corrected chi connectivity index (χ4v) is 1.89. The summed E-state index contributed by atoms with van der Waals surface area (Å²) in [6.07, 6.45) is 0. The van der Waals surface area contributed by atoms with Crippen LogP contribution in [0.2, 0.25) is 0 Å². The molecule has 4 heteroatoms. The molecular weight excluding hydrogens is 240 g/mol. The van der Waals surface area contributed by atoms with Gasteiger partial charge in [0.25, 0.3) is 0 Å². The number of ether oxygens (including phenoxy) is 2. The van der Waals surface area contributed by atoms with Crippen molar-refractivity contribution >= 4 is 5.69 Å². The van der Waals surface area contributed by atoms with Crippen LogP contribution in [-0.4, -0.2) is 58.5 Å². The van der Waals surface area contributed by atoms with E-state index in [1.54, 1.807) is 14.2 Å². The van der Waals surface area contributed by atoms with E-state index in [0.29, 0.717) is 0 Å². The number of nitrogens with zero attached hydrogens (tertiary/aromatic N) is 1. The topological polar surface area (TPSA) is 33.7 Å². The molecule has 0 aromatic heterocycles. The first-order valence-corrected chi connectivity index (χ1v) is 6.77. The lowest BCUT2D eigenvalue weighted by molar-refractivity contribution is 0.116. The third-order valence-electron chi connectivity index (χ3n) is 3.00. The van der Waals surface area contributed by atoms with Gasteiger partial charge in [0.2, 0.25) is 0 Å². The summed E-state index contributed by atoms with van der Waals surface area (Å²) in [7, 11) is 3.47. The molecule has 0 saturated carbocycles. The molecule has 1 aromatic carbocycles. The van der Waals surface area contributed by atoms with Gasteiger partial charge in [-0.1, -0.05) is 12.1 Å². The van der Waals surface area contributed by atoms with E-state index in [1.165, 1.54) is 11.3 Å². The van der Waals surface area contributed by atoms with Crippen molar-refractivity contribution in [3.8, 4) is 0 Å². The van der Waals surface area contributed by atoms with E-state index in [4.69, 9.17) is 9.47 Å². The predicted molar refractivity (Wildman–Crippen MR) is 79.9 cm³/mol. The molecule has 0 aliphatic carbocycles. The molecule has 4 nitrogen and oxygen atoms in total. The standard InChI is InChI=1S/C15H26N2O2/c1-14-5-4-6-15(13-14)16-7-8-17(9-11-18-2)10-12-19-3/h4-6,13,16H,7-12H2,1-3H3. The van der Waals surface area contributed by atoms with Crippen molar-refractivity contribution in [3.05, 3.63) is 29.8 Å². The van der Waals surface area contributed by atoms with Crippen LogP contribution in [0.1, 0.15) is 5.56 Å². The first kappa shape index (κ1) is 16.0. The number of rotatable bonds is 10. The van der Waals surface area contributed by atoms with Crippen molar-refractivity contribution in [1.82, 2.24) is 4.90 Å². The average Bonchev–Trinajstić information content (AvgIpc) is 2.41. The highest BCUT2D eigenvalue weighted by Gasteiger charge is 2.04. The second-order valence-corrected chi connectivity index (χ2v) is 4.62. The van der Waals surface area contributed by atoms with E-state index in [9.17, 15) is 0 Å². The van der Waals surface area contributed by atoms with Gasteiger partial charge >= 0.3 is 0 Å². The smallest absolute Gasteiger partial charge is 0.0589 e. The van der Waals surface area contributed by atoms with Gasteiger partial charge < -0.3 is 14.8 Å². The maximum atomic E-state index is 5.13. The Balaban J connectivity index is 2.29. The molecule has 0 bridgehead atoms. The normalized spacial score (nSPS) is 10.9. The lowest BCUT2D eigenvalue weighted by atomic mass is 10.2. The molecule has 0 unspecified atom stereocenters. The molecule has 0 aliphatic rings. The highest BCUT2D eigenvalue weighted by Crippen LogP contribution is 2.08. The Labute approximate surface area is 116 Å². The van der Waals surface area contributed by atoms with Gasteiger partial charge in [0.05, 0.1) is 13.2 Å². The molecule has 1 aromatic rings. The minimum atomic E-state index is 0.758. The second-order valence-electron chi connectivity index (χ2n) is 4.62. The Hall–Kier alpha value is -1.10. The summed E-state index contributed by atoms with van der Waals surface area (Å²) in [5.41, 5.74) is 2.46. The molecule has 0 fully saturated rings. The zero-order chi connectivity index (χ0) is 13.9. The van der Waals surface area contributed by atoms with E-state index in [0.717, 1.165) is 39.4 Å². The van der Waals surface area contributed by atoms with Crippen molar-refractivity contribution in [1.29, 1.82) is 0 Å². The lowest BCUT2D eigenvalue weighted by Crippen LogP contribution is -2.34. The number of aryl methyl sites for hydroxylation is 1. The summed E-state index contributed by atoms with van der Waals surface area (Å²) in [5, 5.41) is 3.45. The van der Waals surface area contributed by atoms with Crippen molar-refractivity contribution in [2.75, 3.05) is 58.9 Å². The van der Waals surface area contributed by atoms with E-state index < -0.39 is 0 Å². The van der Waals surface area contributed by atoms with Crippen molar-refractivity contribution in [2.24, 2.45) is 0 Å². The van der Waals surface area contributed by atoms with Crippen LogP contribution in [0.3, 0.4) is 0 Å². The molecule has 1 rings (SSSR count). The summed E-state index contributed by atoms with van der Waals surface area (Å²) in [4.78, 5) is 2.34. The van der Waals surface area contributed by atoms with Crippen LogP contribution in [-0.2, 0) is 9.47 Å². The summed E-state index contributed by atoms with van der Waals surface area (Å²) in [6.45, 7) is 7.42. The van der Waals surface area contributed by atoms with Gasteiger partial charge in [0, 0.05) is 46.1 Å². The Morgan fingerprint density at radius 2 is 1.74 bits per heavy atom. The maximum absolute atomic E-state index is 5.13. The van der Waals surface area contributed by atoms with E-state index in [1.807, 2.05) is 0 Å². The number of benzene rings is 1. The van der Waals surface area contributed by atoms with Crippen molar-refractivity contribution < 1.29 is 9.47 Å². The molecule has 0 amide bonds. The fourth-order valence-electron chi connectivity index (χ4n) is 1.89. The van der Waals surface area contributed by atoms with Crippen LogP contribution in [0, 0.1) is 6.92 Å². The molecular formula is C15H26N2O2. The molecule has 0 radical (unpaired) electrons. The van der Waals surface area contributed by atoms with Gasteiger partial charge in [0.1, 0.15) is 0 Å². The number of hydrogen-bond acceptors (Lipinski definition) is 4. The third kappa shape index (κ3) is 7.15. The molecule has 0 spiro atoms. The van der Waals surface area contributed by atoms with E-state index >= 15 is 0 Å². The van der Waals surface area contributed by atoms with Crippen LogP contribution in [0.15, 0.2) is 24.3 Å². The summed E-state index contributed by atoms with van der Waals surface area (Å²) in [5.74, 6) is 0. The Morgan fingerprint density at radius 1 is 1.05 bits per heavy atom. The predicted octanol–water partition coefficient (Wildman–Crippen LogP) is 2.00. The van der Waals surface area contributed by atoms with Gasteiger partial charge in [-0.2, -0.15) is 0 Å². The number of hydrogen-bond donors (Lipinski definition) is 1. The Morgan fingerprint density at radius 3 is 2.32 bits per heavy atom. The van der Waals surface area contributed by atoms with E-state index in [2.05, 4.69) is 41.4 Å². The molecule has 19 heavy (non-hydrogen) atoms. The quantitative estimate of drug-likeness (QED) is 0.702. The van der Waals surface area contributed by atoms with Gasteiger partial charge in [0.15, 0.2) is 0 Å². The maximum Gasteiger partial charge on any atom is 0.0589 e. The average molecular weight is 266 g/mol. The van der Waals surface area contributed by atoms with Gasteiger partial charge in [-0.15, -0.1) is 0 Å². The van der Waals surface area contributed by atoms with Gasteiger partial charge in [-0.05, 0) is 24.6 Å². The van der Waals surface area contributed by atoms with E-state index in [-0.39, 0.29) is 0 Å². The van der Waals surface area contributed by atoms with Crippen LogP contribution in [0.25, 0.3) is 0 Å². The largest absolute Gasteiger partial charge is 0.384 e. The molecule has 0 atom stereocenters. The summed E-state index contributed by atoms with van der Waals surface area (Å²) in [6, 6.07) is 8.44. The van der Waals surface area contributed by atoms with Gasteiger partial charge in [-0.25, -0.2) is 0 Å². The van der Waals surface area contributed by atoms with Crippen molar-refractivity contribution in [3.63, 3.8) is 0 Å². The van der Waals surface area contributed by atoms with Crippen LogP contribution >= 0.6 is 0 Å². The van der Waals surface area contributed by atoms with Crippen LogP contribution < -0.4 is 5.32 Å². The molecule has 1 N–H and O–H groups in total. The zero-order valence-electron chi connectivity index (χ0n) is 12.3. The molecule has 0 heterocycles.